The predicted octanol–water partition coefficient (Wildman–Crippen LogP) is 11.8. The molecule has 0 bridgehead atoms. The lowest BCUT2D eigenvalue weighted by Gasteiger charge is -2.17. The number of hydrogen-bond acceptors (Lipinski definition) is 0. The van der Waals surface area contributed by atoms with Crippen LogP contribution in [0.25, 0.3) is 55.3 Å². The van der Waals surface area contributed by atoms with Crippen molar-refractivity contribution in [3.05, 3.63) is 191 Å². The van der Waals surface area contributed by atoms with Gasteiger partial charge >= 0.3 is 0 Å². The van der Waals surface area contributed by atoms with E-state index in [-0.39, 0.29) is 0 Å². The topological polar surface area (TPSA) is 0 Å². The zero-order chi connectivity index (χ0) is 29.6. The fourth-order valence-electron chi connectivity index (χ4n) is 6.63. The standard InChI is InChI=1S/C44H32/c1-29-11-15-31(16-12-29)33-19-23-35(24-20-33)43(36-25-21-34(22-26-36)32-17-13-30(2)14-18-32)44-40-10-6-5-9-39(40)41-27-37-7-3-4-8-38(37)28-42(41)44/h3-28H,1-2H3. The van der Waals surface area contributed by atoms with Gasteiger partial charge in [-0.2, -0.15) is 0 Å². The SMILES string of the molecule is Cc1ccc(-c2ccc(C(=C3c4ccccc4-c4cc5ccccc5cc43)c3ccc(-c4ccc(C)cc4)cc3)cc2)cc1. The molecule has 1 aliphatic carbocycles. The first-order chi connectivity index (χ1) is 21.6. The van der Waals surface area contributed by atoms with Crippen molar-refractivity contribution in [1.82, 2.24) is 0 Å². The van der Waals surface area contributed by atoms with Gasteiger partial charge in [-0.3, -0.25) is 0 Å². The van der Waals surface area contributed by atoms with Crippen molar-refractivity contribution < 1.29 is 0 Å². The molecule has 8 rings (SSSR count). The summed E-state index contributed by atoms with van der Waals surface area (Å²) >= 11 is 0. The Labute approximate surface area is 259 Å². The smallest absolute Gasteiger partial charge is 0.00141 e. The zero-order valence-corrected chi connectivity index (χ0v) is 25.0. The average Bonchev–Trinajstić information content (AvgIpc) is 3.38. The second-order valence-electron chi connectivity index (χ2n) is 11.9. The van der Waals surface area contributed by atoms with E-state index in [0.29, 0.717) is 0 Å². The predicted molar refractivity (Wildman–Crippen MR) is 188 cm³/mol. The summed E-state index contributed by atoms with van der Waals surface area (Å²) in [6, 6.07) is 58.2. The first-order valence-electron chi connectivity index (χ1n) is 15.3. The highest BCUT2D eigenvalue weighted by molar-refractivity contribution is 6.15. The Balaban J connectivity index is 1.36. The van der Waals surface area contributed by atoms with Crippen LogP contribution in [0.1, 0.15) is 33.4 Å². The molecule has 0 atom stereocenters. The van der Waals surface area contributed by atoms with Crippen LogP contribution in [0.4, 0.5) is 0 Å². The van der Waals surface area contributed by atoms with Gasteiger partial charge in [0.2, 0.25) is 0 Å². The highest BCUT2D eigenvalue weighted by Crippen LogP contribution is 2.50. The molecule has 0 heterocycles. The Hall–Kier alpha value is -5.46. The summed E-state index contributed by atoms with van der Waals surface area (Å²) in [5.74, 6) is 0. The van der Waals surface area contributed by atoms with E-state index >= 15 is 0 Å². The Kier molecular flexibility index (Phi) is 6.35. The highest BCUT2D eigenvalue weighted by Gasteiger charge is 2.27. The summed E-state index contributed by atoms with van der Waals surface area (Å²) in [4.78, 5) is 0. The molecule has 0 fully saturated rings. The molecule has 1 aliphatic rings. The normalized spacial score (nSPS) is 11.8. The lowest BCUT2D eigenvalue weighted by molar-refractivity contribution is 1.46. The molecule has 7 aromatic carbocycles. The van der Waals surface area contributed by atoms with Crippen LogP contribution in [0, 0.1) is 13.8 Å². The number of rotatable bonds is 4. The van der Waals surface area contributed by atoms with Gasteiger partial charge in [-0.05, 0) is 104 Å². The molecular formula is C44H32. The third-order valence-corrected chi connectivity index (χ3v) is 9.01. The summed E-state index contributed by atoms with van der Waals surface area (Å²) < 4.78 is 0. The van der Waals surface area contributed by atoms with Crippen molar-refractivity contribution in [3.8, 4) is 33.4 Å². The largest absolute Gasteiger partial charge is 0.0616 e. The fourth-order valence-corrected chi connectivity index (χ4v) is 6.63. The van der Waals surface area contributed by atoms with E-state index in [1.54, 1.807) is 0 Å². The van der Waals surface area contributed by atoms with Crippen LogP contribution in [0.2, 0.25) is 0 Å². The second-order valence-corrected chi connectivity index (χ2v) is 11.9. The van der Waals surface area contributed by atoms with Crippen molar-refractivity contribution in [2.45, 2.75) is 13.8 Å². The fraction of sp³-hybridized carbons (Fsp3) is 0.0455. The summed E-state index contributed by atoms with van der Waals surface area (Å²) in [5.41, 5.74) is 17.7. The summed E-state index contributed by atoms with van der Waals surface area (Å²) in [7, 11) is 0. The maximum atomic E-state index is 2.39. The summed E-state index contributed by atoms with van der Waals surface area (Å²) in [5, 5.41) is 2.54. The van der Waals surface area contributed by atoms with E-state index in [0.717, 1.165) is 0 Å². The highest BCUT2D eigenvalue weighted by atomic mass is 14.3. The maximum absolute atomic E-state index is 2.39. The Morgan fingerprint density at radius 1 is 0.341 bits per heavy atom. The molecular weight excluding hydrogens is 528 g/mol. The van der Waals surface area contributed by atoms with Crippen LogP contribution < -0.4 is 0 Å². The first kappa shape index (κ1) is 26.2. The second kappa shape index (κ2) is 10.7. The molecule has 44 heavy (non-hydrogen) atoms. The van der Waals surface area contributed by atoms with Gasteiger partial charge in [-0.1, -0.05) is 157 Å². The van der Waals surface area contributed by atoms with Gasteiger partial charge in [0.25, 0.3) is 0 Å². The van der Waals surface area contributed by atoms with Gasteiger partial charge in [0.05, 0.1) is 0 Å². The third-order valence-electron chi connectivity index (χ3n) is 9.01. The molecule has 0 unspecified atom stereocenters. The molecule has 0 aliphatic heterocycles. The Morgan fingerprint density at radius 3 is 1.20 bits per heavy atom. The lowest BCUT2D eigenvalue weighted by Crippen LogP contribution is -1.95. The van der Waals surface area contributed by atoms with Crippen molar-refractivity contribution in [2.24, 2.45) is 0 Å². The molecule has 7 aromatic rings. The van der Waals surface area contributed by atoms with Crippen molar-refractivity contribution in [3.63, 3.8) is 0 Å². The van der Waals surface area contributed by atoms with Crippen LogP contribution >= 0.6 is 0 Å². The van der Waals surface area contributed by atoms with Gasteiger partial charge in [0, 0.05) is 0 Å². The van der Waals surface area contributed by atoms with Gasteiger partial charge in [-0.25, -0.2) is 0 Å². The summed E-state index contributed by atoms with van der Waals surface area (Å²) in [6.45, 7) is 4.27. The van der Waals surface area contributed by atoms with E-state index in [2.05, 4.69) is 172 Å². The van der Waals surface area contributed by atoms with Crippen LogP contribution in [-0.4, -0.2) is 0 Å². The molecule has 0 spiro atoms. The van der Waals surface area contributed by atoms with E-state index in [1.807, 2.05) is 0 Å². The van der Waals surface area contributed by atoms with Crippen molar-refractivity contribution in [1.29, 1.82) is 0 Å². The molecule has 0 saturated heterocycles. The van der Waals surface area contributed by atoms with Gasteiger partial charge in [0.15, 0.2) is 0 Å². The minimum absolute atomic E-state index is 1.22. The molecule has 208 valence electrons. The van der Waals surface area contributed by atoms with Crippen LogP contribution in [0.15, 0.2) is 158 Å². The lowest BCUT2D eigenvalue weighted by atomic mass is 9.86. The number of benzene rings is 7. The molecule has 0 nitrogen and oxygen atoms in total. The summed E-state index contributed by atoms with van der Waals surface area (Å²) in [6.07, 6.45) is 0. The molecule has 0 heteroatoms. The monoisotopic (exact) mass is 560 g/mol. The van der Waals surface area contributed by atoms with E-state index in [9.17, 15) is 0 Å². The maximum Gasteiger partial charge on any atom is -0.00141 e. The Morgan fingerprint density at radius 2 is 0.727 bits per heavy atom. The average molecular weight is 561 g/mol. The molecule has 0 aromatic heterocycles. The van der Waals surface area contributed by atoms with E-state index in [1.165, 1.54) is 88.7 Å². The van der Waals surface area contributed by atoms with E-state index < -0.39 is 0 Å². The number of hydrogen-bond donors (Lipinski definition) is 0. The number of fused-ring (bicyclic) bond motifs is 4. The van der Waals surface area contributed by atoms with Crippen molar-refractivity contribution in [2.75, 3.05) is 0 Å². The van der Waals surface area contributed by atoms with Gasteiger partial charge < -0.3 is 0 Å². The van der Waals surface area contributed by atoms with Gasteiger partial charge in [0.1, 0.15) is 0 Å². The zero-order valence-electron chi connectivity index (χ0n) is 25.0. The van der Waals surface area contributed by atoms with Crippen LogP contribution in [0.3, 0.4) is 0 Å². The molecule has 0 saturated carbocycles. The van der Waals surface area contributed by atoms with E-state index in [4.69, 9.17) is 0 Å². The van der Waals surface area contributed by atoms with Crippen LogP contribution in [-0.2, 0) is 0 Å². The molecule has 0 radical (unpaired) electrons. The number of aryl methyl sites for hydroxylation is 2. The Bertz CT molecular complexity index is 2080. The minimum Gasteiger partial charge on any atom is -0.0616 e. The first-order valence-corrected chi connectivity index (χ1v) is 15.3. The van der Waals surface area contributed by atoms with Crippen molar-refractivity contribution >= 4 is 21.9 Å². The quantitative estimate of drug-likeness (QED) is 0.201. The van der Waals surface area contributed by atoms with Crippen LogP contribution in [0.5, 0.6) is 0 Å². The third kappa shape index (κ3) is 4.57. The minimum atomic E-state index is 1.22. The van der Waals surface area contributed by atoms with Gasteiger partial charge in [-0.15, -0.1) is 0 Å². The molecule has 0 amide bonds. The molecule has 0 N–H and O–H groups in total.